The summed E-state index contributed by atoms with van der Waals surface area (Å²) in [6.45, 7) is 6.57. The molecule has 6 nitrogen and oxygen atoms in total. The number of fused-ring (bicyclic) bond motifs is 1. The summed E-state index contributed by atoms with van der Waals surface area (Å²) in [7, 11) is -3.52. The zero-order chi connectivity index (χ0) is 22.0. The molecular formula is C23H34N2O4S. The van der Waals surface area contributed by atoms with Gasteiger partial charge in [-0.2, -0.15) is 0 Å². The molecule has 0 bridgehead atoms. The quantitative estimate of drug-likeness (QED) is 0.488. The molecule has 2 aromatic rings. The van der Waals surface area contributed by atoms with Crippen molar-refractivity contribution in [3.8, 4) is 0 Å². The number of amides is 1. The molecular weight excluding hydrogens is 400 g/mol. The van der Waals surface area contributed by atoms with E-state index in [0.29, 0.717) is 18.0 Å². The van der Waals surface area contributed by atoms with Crippen molar-refractivity contribution in [3.63, 3.8) is 0 Å². The summed E-state index contributed by atoms with van der Waals surface area (Å²) < 4.78 is 33.2. The highest BCUT2D eigenvalue weighted by atomic mass is 32.2. The number of carbonyl (C=O) groups is 1. The Bertz CT molecular complexity index is 915. The van der Waals surface area contributed by atoms with Gasteiger partial charge in [-0.1, -0.05) is 62.1 Å². The largest absolute Gasteiger partial charge is 0.444 e. The van der Waals surface area contributed by atoms with Crippen LogP contribution in [0.5, 0.6) is 0 Å². The molecule has 7 heteroatoms. The number of hydrogen-bond donors (Lipinski definition) is 2. The van der Waals surface area contributed by atoms with Gasteiger partial charge in [-0.15, -0.1) is 0 Å². The summed E-state index contributed by atoms with van der Waals surface area (Å²) in [6, 6.07) is 12.8. The molecule has 1 amide bonds. The summed E-state index contributed by atoms with van der Waals surface area (Å²) in [4.78, 5) is 11.9. The van der Waals surface area contributed by atoms with Gasteiger partial charge in [-0.05, 0) is 45.1 Å². The normalized spacial score (nSPS) is 12.1. The molecule has 2 rings (SSSR count). The Morgan fingerprint density at radius 1 is 0.867 bits per heavy atom. The maximum absolute atomic E-state index is 12.6. The minimum atomic E-state index is -3.52. The van der Waals surface area contributed by atoms with Crippen LogP contribution < -0.4 is 10.0 Å². The van der Waals surface area contributed by atoms with E-state index in [0.717, 1.165) is 49.3 Å². The third kappa shape index (κ3) is 8.32. The van der Waals surface area contributed by atoms with Gasteiger partial charge in [0.1, 0.15) is 5.60 Å². The molecule has 0 saturated carbocycles. The Morgan fingerprint density at radius 3 is 2.17 bits per heavy atom. The highest BCUT2D eigenvalue weighted by Crippen LogP contribution is 2.22. The van der Waals surface area contributed by atoms with Crippen molar-refractivity contribution in [1.29, 1.82) is 0 Å². The average Bonchev–Trinajstić information content (AvgIpc) is 2.67. The zero-order valence-electron chi connectivity index (χ0n) is 18.2. The molecule has 0 radical (unpaired) electrons. The second kappa shape index (κ2) is 11.3. The van der Waals surface area contributed by atoms with Crippen molar-refractivity contribution in [1.82, 2.24) is 10.0 Å². The van der Waals surface area contributed by atoms with E-state index in [1.54, 1.807) is 12.1 Å². The molecule has 166 valence electrons. The Hall–Kier alpha value is -2.12. The molecule has 0 atom stereocenters. The standard InChI is InChI=1S/C23H34N2O4S/c1-23(2,3)29-22(26)24-17-10-6-4-5-7-11-18-25-30(27,28)21-16-12-14-19-13-8-9-15-20(19)21/h8-9,12-16,25H,4-7,10-11,17-18H2,1-3H3,(H,24,26). The van der Waals surface area contributed by atoms with Crippen LogP contribution in [0.1, 0.15) is 59.3 Å². The second-order valence-corrected chi connectivity index (χ2v) is 10.2. The molecule has 0 aliphatic carbocycles. The molecule has 0 spiro atoms. The number of benzene rings is 2. The third-order valence-electron chi connectivity index (χ3n) is 4.60. The summed E-state index contributed by atoms with van der Waals surface area (Å²) in [5.41, 5.74) is -0.473. The Kier molecular flexibility index (Phi) is 9.11. The van der Waals surface area contributed by atoms with Crippen LogP contribution in [0, 0.1) is 0 Å². The molecule has 2 aromatic carbocycles. The van der Waals surface area contributed by atoms with Gasteiger partial charge >= 0.3 is 6.09 Å². The molecule has 2 N–H and O–H groups in total. The molecule has 0 saturated heterocycles. The number of alkyl carbamates (subject to hydrolysis) is 1. The van der Waals surface area contributed by atoms with Crippen molar-refractivity contribution in [2.75, 3.05) is 13.1 Å². The van der Waals surface area contributed by atoms with Gasteiger partial charge in [0.2, 0.25) is 10.0 Å². The number of unbranched alkanes of at least 4 members (excludes halogenated alkanes) is 5. The number of rotatable bonds is 11. The van der Waals surface area contributed by atoms with Crippen LogP contribution in [-0.4, -0.2) is 33.2 Å². The maximum Gasteiger partial charge on any atom is 0.407 e. The van der Waals surface area contributed by atoms with Crippen molar-refractivity contribution >= 4 is 26.9 Å². The van der Waals surface area contributed by atoms with E-state index in [1.165, 1.54) is 0 Å². The molecule has 0 aromatic heterocycles. The Balaban J connectivity index is 1.59. The fourth-order valence-electron chi connectivity index (χ4n) is 3.18. The van der Waals surface area contributed by atoms with Crippen LogP contribution in [0.15, 0.2) is 47.4 Å². The molecule has 0 unspecified atom stereocenters. The lowest BCUT2D eigenvalue weighted by Crippen LogP contribution is -2.32. The lowest BCUT2D eigenvalue weighted by molar-refractivity contribution is 0.0527. The molecule has 0 aliphatic rings. The maximum atomic E-state index is 12.6. The number of hydrogen-bond acceptors (Lipinski definition) is 4. The van der Waals surface area contributed by atoms with E-state index in [-0.39, 0.29) is 6.09 Å². The van der Waals surface area contributed by atoms with Gasteiger partial charge in [-0.25, -0.2) is 17.9 Å². The van der Waals surface area contributed by atoms with Crippen LogP contribution in [0.25, 0.3) is 10.8 Å². The van der Waals surface area contributed by atoms with Crippen LogP contribution in [0.2, 0.25) is 0 Å². The van der Waals surface area contributed by atoms with Gasteiger partial charge in [0.15, 0.2) is 0 Å². The highest BCUT2D eigenvalue weighted by Gasteiger charge is 2.16. The summed E-state index contributed by atoms with van der Waals surface area (Å²) in [5.74, 6) is 0. The van der Waals surface area contributed by atoms with Crippen LogP contribution >= 0.6 is 0 Å². The molecule has 0 aliphatic heterocycles. The number of carbonyl (C=O) groups excluding carboxylic acids is 1. The van der Waals surface area contributed by atoms with Crippen LogP contribution in [0.3, 0.4) is 0 Å². The predicted octanol–water partition coefficient (Wildman–Crippen LogP) is 4.98. The van der Waals surface area contributed by atoms with Crippen molar-refractivity contribution in [2.45, 2.75) is 69.8 Å². The van der Waals surface area contributed by atoms with Crippen molar-refractivity contribution in [2.24, 2.45) is 0 Å². The van der Waals surface area contributed by atoms with E-state index in [2.05, 4.69) is 10.0 Å². The van der Waals surface area contributed by atoms with Gasteiger partial charge in [0.05, 0.1) is 4.90 Å². The lowest BCUT2D eigenvalue weighted by Gasteiger charge is -2.19. The fraction of sp³-hybridized carbons (Fsp3) is 0.522. The van der Waals surface area contributed by atoms with Gasteiger partial charge < -0.3 is 10.1 Å². The first-order chi connectivity index (χ1) is 14.2. The first-order valence-electron chi connectivity index (χ1n) is 10.6. The van der Waals surface area contributed by atoms with Crippen LogP contribution in [-0.2, 0) is 14.8 Å². The van der Waals surface area contributed by atoms with Gasteiger partial charge in [0, 0.05) is 18.5 Å². The summed E-state index contributed by atoms with van der Waals surface area (Å²) in [6.07, 6.45) is 5.44. The zero-order valence-corrected chi connectivity index (χ0v) is 19.1. The van der Waals surface area contributed by atoms with Crippen LogP contribution in [0.4, 0.5) is 4.79 Å². The smallest absolute Gasteiger partial charge is 0.407 e. The highest BCUT2D eigenvalue weighted by molar-refractivity contribution is 7.89. The lowest BCUT2D eigenvalue weighted by atomic mass is 10.1. The minimum absolute atomic E-state index is 0.332. The minimum Gasteiger partial charge on any atom is -0.444 e. The monoisotopic (exact) mass is 434 g/mol. The van der Waals surface area contributed by atoms with Gasteiger partial charge in [-0.3, -0.25) is 0 Å². The fourth-order valence-corrected chi connectivity index (χ4v) is 4.48. The van der Waals surface area contributed by atoms with E-state index in [9.17, 15) is 13.2 Å². The number of sulfonamides is 1. The van der Waals surface area contributed by atoms with E-state index in [1.807, 2.05) is 51.1 Å². The summed E-state index contributed by atoms with van der Waals surface area (Å²) >= 11 is 0. The van der Waals surface area contributed by atoms with Crippen molar-refractivity contribution < 1.29 is 17.9 Å². The predicted molar refractivity (Wildman–Crippen MR) is 121 cm³/mol. The number of ether oxygens (including phenoxy) is 1. The summed E-state index contributed by atoms with van der Waals surface area (Å²) in [5, 5.41) is 4.42. The number of nitrogens with one attached hydrogen (secondary N) is 2. The second-order valence-electron chi connectivity index (χ2n) is 8.43. The first-order valence-corrected chi connectivity index (χ1v) is 12.1. The van der Waals surface area contributed by atoms with E-state index >= 15 is 0 Å². The SMILES string of the molecule is CC(C)(C)OC(=O)NCCCCCCCCNS(=O)(=O)c1cccc2ccccc12. The third-order valence-corrected chi connectivity index (χ3v) is 6.12. The van der Waals surface area contributed by atoms with E-state index < -0.39 is 15.6 Å². The first kappa shape index (κ1) is 24.2. The van der Waals surface area contributed by atoms with Gasteiger partial charge in [0.25, 0.3) is 0 Å². The average molecular weight is 435 g/mol. The topological polar surface area (TPSA) is 84.5 Å². The van der Waals surface area contributed by atoms with E-state index in [4.69, 9.17) is 4.74 Å². The molecule has 0 heterocycles. The molecule has 30 heavy (non-hydrogen) atoms. The Morgan fingerprint density at radius 2 is 1.47 bits per heavy atom. The van der Waals surface area contributed by atoms with Crippen molar-refractivity contribution in [3.05, 3.63) is 42.5 Å². The Labute approximate surface area is 180 Å². The molecule has 0 fully saturated rings.